The summed E-state index contributed by atoms with van der Waals surface area (Å²) in [6.07, 6.45) is 0. The zero-order valence-electron chi connectivity index (χ0n) is 15.9. The Morgan fingerprint density at radius 1 is 1.21 bits per heavy atom. The molecule has 1 heterocycles. The third-order valence-corrected chi connectivity index (χ3v) is 5.20. The minimum atomic E-state index is -0.330. The van der Waals surface area contributed by atoms with Gasteiger partial charge in [0.25, 0.3) is 0 Å². The highest BCUT2D eigenvalue weighted by Crippen LogP contribution is 2.21. The molecule has 2 amide bonds. The lowest BCUT2D eigenvalue weighted by atomic mass is 10.2. The minimum absolute atomic E-state index is 0.0898. The summed E-state index contributed by atoms with van der Waals surface area (Å²) in [5, 5.41) is 15.3. The summed E-state index contributed by atoms with van der Waals surface area (Å²) in [7, 11) is 1.57. The smallest absolute Gasteiger partial charge is 0.244 e. The summed E-state index contributed by atoms with van der Waals surface area (Å²) in [6.45, 7) is 1.89. The number of aromatic nitrogens is 4. The quantitative estimate of drug-likeness (QED) is 0.579. The summed E-state index contributed by atoms with van der Waals surface area (Å²) >= 11 is 7.24. The van der Waals surface area contributed by atoms with Crippen LogP contribution in [0, 0.1) is 6.92 Å². The SMILES string of the molecule is Cc1cccc(-n2nnnc2SCC(=O)N(C)CC(=O)Nc2ccccc2Cl)c1. The number of nitrogens with one attached hydrogen (secondary N) is 1. The molecule has 0 bridgehead atoms. The third-order valence-electron chi connectivity index (χ3n) is 3.97. The summed E-state index contributed by atoms with van der Waals surface area (Å²) in [4.78, 5) is 25.9. The van der Waals surface area contributed by atoms with Crippen LogP contribution in [0.4, 0.5) is 5.69 Å². The van der Waals surface area contributed by atoms with Crippen LogP contribution in [-0.4, -0.2) is 56.3 Å². The second kappa shape index (κ2) is 9.53. The molecule has 0 spiro atoms. The van der Waals surface area contributed by atoms with E-state index in [1.54, 1.807) is 36.0 Å². The summed E-state index contributed by atoms with van der Waals surface area (Å²) < 4.78 is 1.58. The lowest BCUT2D eigenvalue weighted by Crippen LogP contribution is -2.36. The van der Waals surface area contributed by atoms with Crippen LogP contribution in [0.5, 0.6) is 0 Å². The zero-order valence-corrected chi connectivity index (χ0v) is 17.4. The number of amides is 2. The number of likely N-dealkylation sites (N-methyl/N-ethyl adjacent to an activating group) is 1. The van der Waals surface area contributed by atoms with Crippen LogP contribution in [0.2, 0.25) is 5.02 Å². The van der Waals surface area contributed by atoms with Gasteiger partial charge < -0.3 is 10.2 Å². The van der Waals surface area contributed by atoms with E-state index in [1.807, 2.05) is 31.2 Å². The summed E-state index contributed by atoms with van der Waals surface area (Å²) in [5.41, 5.74) is 2.40. The maximum atomic E-state index is 12.4. The Hall–Kier alpha value is -2.91. The molecule has 0 aliphatic carbocycles. The van der Waals surface area contributed by atoms with Crippen LogP contribution in [0.15, 0.2) is 53.7 Å². The van der Waals surface area contributed by atoms with E-state index in [0.717, 1.165) is 11.3 Å². The van der Waals surface area contributed by atoms with Gasteiger partial charge in [-0.25, -0.2) is 0 Å². The molecule has 29 heavy (non-hydrogen) atoms. The van der Waals surface area contributed by atoms with Gasteiger partial charge in [0.1, 0.15) is 0 Å². The normalized spacial score (nSPS) is 10.6. The van der Waals surface area contributed by atoms with Crippen molar-refractivity contribution in [2.24, 2.45) is 0 Å². The van der Waals surface area contributed by atoms with E-state index in [2.05, 4.69) is 20.8 Å². The number of halogens is 1. The molecule has 3 rings (SSSR count). The Bertz CT molecular complexity index is 1030. The average Bonchev–Trinajstić information content (AvgIpc) is 3.16. The third kappa shape index (κ3) is 5.55. The number of rotatable bonds is 7. The van der Waals surface area contributed by atoms with Gasteiger partial charge >= 0.3 is 0 Å². The first-order valence-electron chi connectivity index (χ1n) is 8.70. The molecular weight excluding hydrogens is 412 g/mol. The zero-order chi connectivity index (χ0) is 20.8. The highest BCUT2D eigenvalue weighted by molar-refractivity contribution is 7.99. The number of hydrogen-bond acceptors (Lipinski definition) is 6. The second-order valence-corrected chi connectivity index (χ2v) is 7.63. The molecule has 0 unspecified atom stereocenters. The predicted molar refractivity (Wildman–Crippen MR) is 112 cm³/mol. The molecule has 0 aliphatic heterocycles. The number of anilines is 1. The Morgan fingerprint density at radius 3 is 2.76 bits per heavy atom. The standard InChI is InChI=1S/C19H19ClN6O2S/c1-13-6-5-7-14(10-13)26-19(22-23-24-26)29-12-18(28)25(2)11-17(27)21-16-9-4-3-8-15(16)20/h3-10H,11-12H2,1-2H3,(H,21,27). The molecule has 2 aromatic carbocycles. The summed E-state index contributed by atoms with van der Waals surface area (Å²) in [6, 6.07) is 14.7. The van der Waals surface area contributed by atoms with E-state index in [0.29, 0.717) is 15.9 Å². The van der Waals surface area contributed by atoms with Crippen LogP contribution in [0.3, 0.4) is 0 Å². The van der Waals surface area contributed by atoms with E-state index < -0.39 is 0 Å². The van der Waals surface area contributed by atoms with Gasteiger partial charge in [0, 0.05) is 7.05 Å². The molecule has 1 aromatic heterocycles. The van der Waals surface area contributed by atoms with Crippen molar-refractivity contribution in [3.05, 3.63) is 59.1 Å². The van der Waals surface area contributed by atoms with Crippen molar-refractivity contribution in [3.8, 4) is 5.69 Å². The molecule has 0 atom stereocenters. The van der Waals surface area contributed by atoms with E-state index >= 15 is 0 Å². The molecule has 0 radical (unpaired) electrons. The minimum Gasteiger partial charge on any atom is -0.336 e. The van der Waals surface area contributed by atoms with Gasteiger partial charge in [-0.15, -0.1) is 5.10 Å². The molecule has 0 fully saturated rings. The van der Waals surface area contributed by atoms with Crippen molar-refractivity contribution in [1.82, 2.24) is 25.1 Å². The Kier molecular flexibility index (Phi) is 6.84. The van der Waals surface area contributed by atoms with Crippen LogP contribution in [0.25, 0.3) is 5.69 Å². The lowest BCUT2D eigenvalue weighted by Gasteiger charge is -2.16. The fourth-order valence-corrected chi connectivity index (χ4v) is 3.50. The monoisotopic (exact) mass is 430 g/mol. The Labute approximate surface area is 177 Å². The maximum Gasteiger partial charge on any atom is 0.244 e. The molecule has 150 valence electrons. The highest BCUT2D eigenvalue weighted by Gasteiger charge is 2.17. The number of carbonyl (C=O) groups is 2. The van der Waals surface area contributed by atoms with Gasteiger partial charge in [-0.3, -0.25) is 9.59 Å². The first-order chi connectivity index (χ1) is 13.9. The number of thioether (sulfide) groups is 1. The largest absolute Gasteiger partial charge is 0.336 e. The van der Waals surface area contributed by atoms with E-state index in [-0.39, 0.29) is 24.1 Å². The lowest BCUT2D eigenvalue weighted by molar-refractivity contribution is -0.131. The topological polar surface area (TPSA) is 93.0 Å². The molecule has 0 saturated heterocycles. The molecule has 0 aliphatic rings. The number of carbonyl (C=O) groups excluding carboxylic acids is 2. The number of benzene rings is 2. The van der Waals surface area contributed by atoms with Gasteiger partial charge in [-0.05, 0) is 47.2 Å². The predicted octanol–water partition coefficient (Wildman–Crippen LogP) is 2.81. The van der Waals surface area contributed by atoms with Gasteiger partial charge in [0.2, 0.25) is 17.0 Å². The van der Waals surface area contributed by atoms with Crippen molar-refractivity contribution in [2.75, 3.05) is 24.7 Å². The Morgan fingerprint density at radius 2 is 2.00 bits per heavy atom. The fraction of sp³-hybridized carbons (Fsp3) is 0.211. The van der Waals surface area contributed by atoms with E-state index in [1.165, 1.54) is 16.7 Å². The number of para-hydroxylation sites is 1. The first kappa shape index (κ1) is 20.8. The van der Waals surface area contributed by atoms with E-state index in [9.17, 15) is 9.59 Å². The van der Waals surface area contributed by atoms with Gasteiger partial charge in [-0.1, -0.05) is 47.6 Å². The number of nitrogens with zero attached hydrogens (tertiary/aromatic N) is 5. The van der Waals surface area contributed by atoms with Crippen molar-refractivity contribution < 1.29 is 9.59 Å². The number of hydrogen-bond donors (Lipinski definition) is 1. The summed E-state index contributed by atoms with van der Waals surface area (Å²) in [5.74, 6) is -0.450. The molecule has 0 saturated carbocycles. The van der Waals surface area contributed by atoms with Crippen molar-refractivity contribution in [2.45, 2.75) is 12.1 Å². The number of aryl methyl sites for hydroxylation is 1. The highest BCUT2D eigenvalue weighted by atomic mass is 35.5. The molecule has 1 N–H and O–H groups in total. The first-order valence-corrected chi connectivity index (χ1v) is 10.1. The van der Waals surface area contributed by atoms with Crippen LogP contribution >= 0.6 is 23.4 Å². The molecular formula is C19H19ClN6O2S. The van der Waals surface area contributed by atoms with Crippen molar-refractivity contribution in [3.63, 3.8) is 0 Å². The van der Waals surface area contributed by atoms with Gasteiger partial charge in [-0.2, -0.15) is 4.68 Å². The second-order valence-electron chi connectivity index (χ2n) is 6.28. The van der Waals surface area contributed by atoms with Crippen LogP contribution < -0.4 is 5.32 Å². The van der Waals surface area contributed by atoms with Gasteiger partial charge in [0.05, 0.1) is 28.7 Å². The average molecular weight is 431 g/mol. The van der Waals surface area contributed by atoms with Crippen molar-refractivity contribution >= 4 is 40.9 Å². The van der Waals surface area contributed by atoms with E-state index in [4.69, 9.17) is 11.6 Å². The molecule has 3 aromatic rings. The van der Waals surface area contributed by atoms with Gasteiger partial charge in [0.15, 0.2) is 0 Å². The number of tetrazole rings is 1. The fourth-order valence-electron chi connectivity index (χ4n) is 2.48. The maximum absolute atomic E-state index is 12.4. The van der Waals surface area contributed by atoms with Crippen LogP contribution in [-0.2, 0) is 9.59 Å². The molecule has 10 heteroatoms. The molecule has 8 nitrogen and oxygen atoms in total. The van der Waals surface area contributed by atoms with Crippen LogP contribution in [0.1, 0.15) is 5.56 Å². The Balaban J connectivity index is 1.55. The van der Waals surface area contributed by atoms with Crippen molar-refractivity contribution in [1.29, 1.82) is 0 Å².